The van der Waals surface area contributed by atoms with E-state index in [2.05, 4.69) is 15.0 Å². The lowest BCUT2D eigenvalue weighted by Crippen LogP contribution is -2.11. The molecule has 5 nitrogen and oxygen atoms in total. The van der Waals surface area contributed by atoms with Gasteiger partial charge in [0.1, 0.15) is 10.7 Å². The molecule has 3 aromatic heterocycles. The van der Waals surface area contributed by atoms with Gasteiger partial charge >= 0.3 is 6.55 Å². The Kier molecular flexibility index (Phi) is 4.28. The van der Waals surface area contributed by atoms with Gasteiger partial charge in [-0.15, -0.1) is 11.3 Å². The van der Waals surface area contributed by atoms with Crippen molar-refractivity contribution in [1.82, 2.24) is 19.5 Å². The van der Waals surface area contributed by atoms with E-state index in [1.807, 2.05) is 13.8 Å². The van der Waals surface area contributed by atoms with Crippen LogP contribution in [0.3, 0.4) is 0 Å². The number of nitrogens with zero attached hydrogens (tertiary/aromatic N) is 3. The molecule has 134 valence electrons. The average molecular weight is 392 g/mol. The lowest BCUT2D eigenvalue weighted by Gasteiger charge is -2.07. The van der Waals surface area contributed by atoms with Gasteiger partial charge in [-0.2, -0.15) is 8.78 Å². The summed E-state index contributed by atoms with van der Waals surface area (Å²) in [6, 6.07) is 6.77. The smallest absolute Gasteiger partial charge is 0.309 e. The molecule has 0 unspecified atom stereocenters. The predicted molar refractivity (Wildman–Crippen MR) is 100 cm³/mol. The highest BCUT2D eigenvalue weighted by Crippen LogP contribution is 2.31. The first-order chi connectivity index (χ1) is 12.5. The van der Waals surface area contributed by atoms with Crippen molar-refractivity contribution in [3.8, 4) is 0 Å². The van der Waals surface area contributed by atoms with Gasteiger partial charge in [-0.1, -0.05) is 23.9 Å². The van der Waals surface area contributed by atoms with Crippen LogP contribution in [0.1, 0.15) is 22.8 Å². The molecule has 3 heterocycles. The quantitative estimate of drug-likeness (QED) is 0.514. The summed E-state index contributed by atoms with van der Waals surface area (Å²) in [5.74, 6) is 0.693. The van der Waals surface area contributed by atoms with E-state index in [-0.39, 0.29) is 16.5 Å². The standard InChI is InChI=1S/C17H14F2N4OS2/c1-8-9(2)26-15-13(8)14(24)21-12(22-15)7-25-17-20-10-5-3-4-6-11(10)23(17)16(18)19/h3-6,16H,7H2,1-2H3,(H,21,22,24). The van der Waals surface area contributed by atoms with E-state index in [9.17, 15) is 13.6 Å². The number of rotatable bonds is 4. The molecule has 1 aromatic carbocycles. The molecule has 0 amide bonds. The molecule has 0 radical (unpaired) electrons. The summed E-state index contributed by atoms with van der Waals surface area (Å²) >= 11 is 2.59. The summed E-state index contributed by atoms with van der Waals surface area (Å²) in [7, 11) is 0. The molecule has 0 aliphatic rings. The molecule has 1 N–H and O–H groups in total. The number of para-hydroxylation sites is 2. The molecule has 0 aliphatic heterocycles. The van der Waals surface area contributed by atoms with Gasteiger partial charge in [0.2, 0.25) is 0 Å². The Balaban J connectivity index is 1.69. The van der Waals surface area contributed by atoms with Crippen molar-refractivity contribution in [1.29, 1.82) is 0 Å². The maximum absolute atomic E-state index is 13.5. The minimum atomic E-state index is -2.69. The number of halogens is 2. The Hall–Kier alpha value is -2.26. The fraction of sp³-hybridized carbons (Fsp3) is 0.235. The van der Waals surface area contributed by atoms with E-state index in [1.165, 1.54) is 11.3 Å². The van der Waals surface area contributed by atoms with Crippen LogP contribution < -0.4 is 5.56 Å². The number of fused-ring (bicyclic) bond motifs is 2. The second-order valence-corrected chi connectivity index (χ2v) is 7.94. The molecule has 0 atom stereocenters. The Morgan fingerprint density at radius 3 is 2.81 bits per heavy atom. The number of benzene rings is 1. The molecule has 0 bridgehead atoms. The summed E-state index contributed by atoms with van der Waals surface area (Å²) in [6.07, 6.45) is 0. The van der Waals surface area contributed by atoms with Crippen LogP contribution in [0.25, 0.3) is 21.3 Å². The van der Waals surface area contributed by atoms with Gasteiger partial charge < -0.3 is 4.98 Å². The van der Waals surface area contributed by atoms with Crippen molar-refractivity contribution in [2.24, 2.45) is 0 Å². The zero-order chi connectivity index (χ0) is 18.4. The molecule has 0 aliphatic carbocycles. The molecule has 4 rings (SSSR count). The minimum absolute atomic E-state index is 0.197. The molecule has 26 heavy (non-hydrogen) atoms. The first-order valence-electron chi connectivity index (χ1n) is 7.82. The van der Waals surface area contributed by atoms with Crippen molar-refractivity contribution in [3.05, 3.63) is 50.9 Å². The molecule has 9 heteroatoms. The molecule has 0 fully saturated rings. The Morgan fingerprint density at radius 2 is 2.04 bits per heavy atom. The summed E-state index contributed by atoms with van der Waals surface area (Å²) in [5, 5.41) is 0.795. The highest BCUT2D eigenvalue weighted by molar-refractivity contribution is 7.98. The van der Waals surface area contributed by atoms with Crippen molar-refractivity contribution < 1.29 is 8.78 Å². The van der Waals surface area contributed by atoms with Crippen LogP contribution in [0.5, 0.6) is 0 Å². The predicted octanol–water partition coefficient (Wildman–Crippen LogP) is 4.64. The third-order valence-electron chi connectivity index (χ3n) is 4.18. The maximum Gasteiger partial charge on any atom is 0.321 e. The van der Waals surface area contributed by atoms with E-state index in [0.717, 1.165) is 26.8 Å². The van der Waals surface area contributed by atoms with Crippen LogP contribution in [-0.4, -0.2) is 19.5 Å². The number of nitrogens with one attached hydrogen (secondary N) is 1. The lowest BCUT2D eigenvalue weighted by molar-refractivity contribution is 0.0656. The number of hydrogen-bond donors (Lipinski definition) is 1. The van der Waals surface area contributed by atoms with Gasteiger partial charge in [0.05, 0.1) is 22.2 Å². The van der Waals surface area contributed by atoms with Crippen LogP contribution in [0.15, 0.2) is 34.2 Å². The Labute approximate surface area is 155 Å². The highest BCUT2D eigenvalue weighted by Gasteiger charge is 2.19. The minimum Gasteiger partial charge on any atom is -0.309 e. The van der Waals surface area contributed by atoms with Crippen molar-refractivity contribution in [2.75, 3.05) is 0 Å². The number of aromatic nitrogens is 4. The van der Waals surface area contributed by atoms with E-state index in [4.69, 9.17) is 0 Å². The van der Waals surface area contributed by atoms with Gasteiger partial charge in [0.25, 0.3) is 5.56 Å². The molecule has 4 aromatic rings. The number of hydrogen-bond acceptors (Lipinski definition) is 5. The van der Waals surface area contributed by atoms with Crippen LogP contribution in [0.2, 0.25) is 0 Å². The molecular formula is C17H14F2N4OS2. The summed E-state index contributed by atoms with van der Waals surface area (Å²) in [5.41, 5.74) is 1.62. The van der Waals surface area contributed by atoms with Gasteiger partial charge in [-0.05, 0) is 31.5 Å². The van der Waals surface area contributed by atoms with Crippen molar-refractivity contribution >= 4 is 44.3 Å². The molecule has 0 spiro atoms. The van der Waals surface area contributed by atoms with E-state index in [1.54, 1.807) is 24.3 Å². The highest BCUT2D eigenvalue weighted by atomic mass is 32.2. The van der Waals surface area contributed by atoms with Gasteiger partial charge in [-0.25, -0.2) is 9.97 Å². The fourth-order valence-electron chi connectivity index (χ4n) is 2.81. The number of imidazole rings is 1. The van der Waals surface area contributed by atoms with Gasteiger partial charge in [0, 0.05) is 4.88 Å². The Bertz CT molecular complexity index is 1180. The van der Waals surface area contributed by atoms with E-state index < -0.39 is 6.55 Å². The molecule has 0 saturated heterocycles. The van der Waals surface area contributed by atoms with Crippen molar-refractivity contribution in [2.45, 2.75) is 31.3 Å². The van der Waals surface area contributed by atoms with Crippen molar-refractivity contribution in [3.63, 3.8) is 0 Å². The lowest BCUT2D eigenvalue weighted by atomic mass is 10.2. The monoisotopic (exact) mass is 392 g/mol. The molecular weight excluding hydrogens is 378 g/mol. The largest absolute Gasteiger partial charge is 0.321 e. The number of H-pyrrole nitrogens is 1. The maximum atomic E-state index is 13.5. The summed E-state index contributed by atoms with van der Waals surface area (Å²) in [6.45, 7) is 1.15. The second kappa shape index (κ2) is 6.48. The van der Waals surface area contributed by atoms with Gasteiger partial charge in [-0.3, -0.25) is 9.36 Å². The van der Waals surface area contributed by atoms with E-state index >= 15 is 0 Å². The number of aryl methyl sites for hydroxylation is 2. The first kappa shape index (κ1) is 17.2. The number of thiophene rings is 1. The third-order valence-corrected chi connectivity index (χ3v) is 6.25. The van der Waals surface area contributed by atoms with Crippen LogP contribution in [-0.2, 0) is 5.75 Å². The number of aromatic amines is 1. The summed E-state index contributed by atoms with van der Waals surface area (Å²) in [4.78, 5) is 25.5. The number of alkyl halides is 2. The fourth-order valence-corrected chi connectivity index (χ4v) is 4.74. The first-order valence-corrected chi connectivity index (χ1v) is 9.62. The zero-order valence-electron chi connectivity index (χ0n) is 13.9. The van der Waals surface area contributed by atoms with E-state index in [0.29, 0.717) is 27.1 Å². The SMILES string of the molecule is Cc1sc2nc(CSc3nc4ccccc4n3C(F)F)[nH]c(=O)c2c1C. The van der Waals surface area contributed by atoms with Crippen LogP contribution in [0.4, 0.5) is 8.78 Å². The normalized spacial score (nSPS) is 11.9. The average Bonchev–Trinajstić information content (AvgIpc) is 3.10. The van der Waals surface area contributed by atoms with Gasteiger partial charge in [0.15, 0.2) is 5.16 Å². The third kappa shape index (κ3) is 2.80. The number of thioether (sulfide) groups is 1. The van der Waals surface area contributed by atoms with Crippen LogP contribution in [0, 0.1) is 13.8 Å². The second-order valence-electron chi connectivity index (χ2n) is 5.80. The Morgan fingerprint density at radius 1 is 1.27 bits per heavy atom. The van der Waals surface area contributed by atoms with Crippen LogP contribution >= 0.6 is 23.1 Å². The summed E-state index contributed by atoms with van der Waals surface area (Å²) < 4.78 is 27.8. The topological polar surface area (TPSA) is 63.6 Å². The zero-order valence-corrected chi connectivity index (χ0v) is 15.5. The molecule has 0 saturated carbocycles.